The van der Waals surface area contributed by atoms with Crippen molar-refractivity contribution in [2.45, 2.75) is 12.3 Å². The van der Waals surface area contributed by atoms with Crippen molar-refractivity contribution in [3.63, 3.8) is 0 Å². The zero-order chi connectivity index (χ0) is 18.4. The van der Waals surface area contributed by atoms with Gasteiger partial charge in [0.05, 0.1) is 24.1 Å². The zero-order valence-electron chi connectivity index (χ0n) is 14.0. The van der Waals surface area contributed by atoms with E-state index in [0.717, 1.165) is 6.26 Å². The second kappa shape index (κ2) is 7.98. The number of hydrogen-bond donors (Lipinski definition) is 0. The maximum atomic E-state index is 12.0. The van der Waals surface area contributed by atoms with Crippen LogP contribution in [0.25, 0.3) is 0 Å². The van der Waals surface area contributed by atoms with E-state index in [0.29, 0.717) is 11.3 Å². The van der Waals surface area contributed by atoms with Crippen molar-refractivity contribution in [3.05, 3.63) is 59.5 Å². The van der Waals surface area contributed by atoms with Gasteiger partial charge in [-0.1, -0.05) is 12.1 Å². The first kappa shape index (κ1) is 18.7. The molecule has 0 atom stereocenters. The van der Waals surface area contributed by atoms with Crippen molar-refractivity contribution >= 4 is 21.7 Å². The molecule has 0 bridgehead atoms. The fraction of sp³-hybridized carbons (Fsp3) is 0.294. The molecule has 7 nitrogen and oxygen atoms in total. The molecule has 1 heterocycles. The van der Waals surface area contributed by atoms with Crippen LogP contribution < -0.4 is 0 Å². The second-order valence-electron chi connectivity index (χ2n) is 5.67. The molecule has 2 aromatic rings. The van der Waals surface area contributed by atoms with Gasteiger partial charge in [0.1, 0.15) is 5.76 Å². The Labute approximate surface area is 146 Å². The maximum absolute atomic E-state index is 12.0. The van der Waals surface area contributed by atoms with Gasteiger partial charge < -0.3 is 14.1 Å². The highest BCUT2D eigenvalue weighted by Gasteiger charge is 2.15. The SMILES string of the molecule is CN(Cc1ccco1)C(=O)COC(=O)c1ccc(CS(C)(=O)=O)cc1. The van der Waals surface area contributed by atoms with Crippen LogP contribution in [0.4, 0.5) is 0 Å². The molecule has 0 aliphatic heterocycles. The quantitative estimate of drug-likeness (QED) is 0.693. The third-order valence-corrected chi connectivity index (χ3v) is 4.20. The highest BCUT2D eigenvalue weighted by Crippen LogP contribution is 2.09. The normalized spacial score (nSPS) is 11.1. The Morgan fingerprint density at radius 3 is 2.40 bits per heavy atom. The molecule has 0 radical (unpaired) electrons. The van der Waals surface area contributed by atoms with Gasteiger partial charge in [0.15, 0.2) is 16.4 Å². The molecule has 0 saturated carbocycles. The highest BCUT2D eigenvalue weighted by molar-refractivity contribution is 7.89. The number of hydrogen-bond acceptors (Lipinski definition) is 6. The van der Waals surface area contributed by atoms with E-state index in [2.05, 4.69) is 0 Å². The summed E-state index contributed by atoms with van der Waals surface area (Å²) in [5, 5.41) is 0. The average Bonchev–Trinajstić information content (AvgIpc) is 3.04. The van der Waals surface area contributed by atoms with Crippen molar-refractivity contribution in [2.24, 2.45) is 0 Å². The molecule has 0 spiro atoms. The molecule has 134 valence electrons. The van der Waals surface area contributed by atoms with Crippen LogP contribution in [-0.2, 0) is 31.7 Å². The van der Waals surface area contributed by atoms with Crippen molar-refractivity contribution < 1.29 is 27.2 Å². The molecule has 0 aliphatic rings. The lowest BCUT2D eigenvalue weighted by Crippen LogP contribution is -2.30. The van der Waals surface area contributed by atoms with Gasteiger partial charge >= 0.3 is 5.97 Å². The predicted octanol–water partition coefficient (Wildman–Crippen LogP) is 1.64. The average molecular weight is 365 g/mol. The third kappa shape index (κ3) is 6.07. The first-order valence-electron chi connectivity index (χ1n) is 7.45. The van der Waals surface area contributed by atoms with Gasteiger partial charge in [-0.2, -0.15) is 0 Å². The van der Waals surface area contributed by atoms with Gasteiger partial charge in [-0.25, -0.2) is 13.2 Å². The van der Waals surface area contributed by atoms with E-state index in [4.69, 9.17) is 9.15 Å². The van der Waals surface area contributed by atoms with Gasteiger partial charge in [-0.05, 0) is 29.8 Å². The number of esters is 1. The van der Waals surface area contributed by atoms with Crippen LogP contribution in [0.2, 0.25) is 0 Å². The van der Waals surface area contributed by atoms with Crippen molar-refractivity contribution in [1.82, 2.24) is 4.90 Å². The number of rotatable bonds is 7. The lowest BCUT2D eigenvalue weighted by molar-refractivity contribution is -0.133. The number of sulfone groups is 1. The number of ether oxygens (including phenoxy) is 1. The molecule has 8 heteroatoms. The molecule has 0 aliphatic carbocycles. The molecule has 0 saturated heterocycles. The van der Waals surface area contributed by atoms with Gasteiger partial charge in [0.2, 0.25) is 0 Å². The number of amides is 1. The summed E-state index contributed by atoms with van der Waals surface area (Å²) in [4.78, 5) is 25.3. The van der Waals surface area contributed by atoms with Gasteiger partial charge in [-0.15, -0.1) is 0 Å². The lowest BCUT2D eigenvalue weighted by Gasteiger charge is -2.15. The summed E-state index contributed by atoms with van der Waals surface area (Å²) in [7, 11) is -1.55. The van der Waals surface area contributed by atoms with Gasteiger partial charge in [0.25, 0.3) is 5.91 Å². The van der Waals surface area contributed by atoms with E-state index < -0.39 is 15.8 Å². The Balaban J connectivity index is 1.86. The fourth-order valence-corrected chi connectivity index (χ4v) is 2.88. The Morgan fingerprint density at radius 1 is 1.16 bits per heavy atom. The summed E-state index contributed by atoms with van der Waals surface area (Å²) in [6, 6.07) is 9.50. The summed E-state index contributed by atoms with van der Waals surface area (Å²) in [5.74, 6) is -0.481. The monoisotopic (exact) mass is 365 g/mol. The van der Waals surface area contributed by atoms with E-state index in [9.17, 15) is 18.0 Å². The first-order chi connectivity index (χ1) is 11.7. The van der Waals surface area contributed by atoms with E-state index >= 15 is 0 Å². The Hall–Kier alpha value is -2.61. The van der Waals surface area contributed by atoms with Crippen LogP contribution in [0.3, 0.4) is 0 Å². The van der Waals surface area contributed by atoms with Crippen LogP contribution in [0.1, 0.15) is 21.7 Å². The topological polar surface area (TPSA) is 93.9 Å². The summed E-state index contributed by atoms with van der Waals surface area (Å²) < 4.78 is 32.6. The summed E-state index contributed by atoms with van der Waals surface area (Å²) in [6.07, 6.45) is 2.65. The smallest absolute Gasteiger partial charge is 0.338 e. The number of furan rings is 1. The number of likely N-dealkylation sites (N-methyl/N-ethyl adjacent to an activating group) is 1. The Bertz CT molecular complexity index is 825. The van der Waals surface area contributed by atoms with Crippen LogP contribution in [-0.4, -0.2) is 45.1 Å². The Kier molecular flexibility index (Phi) is 5.97. The number of carbonyl (C=O) groups excluding carboxylic acids is 2. The molecule has 1 aromatic carbocycles. The predicted molar refractivity (Wildman–Crippen MR) is 90.5 cm³/mol. The summed E-state index contributed by atoms with van der Waals surface area (Å²) >= 11 is 0. The van der Waals surface area contributed by atoms with Crippen LogP contribution in [0.15, 0.2) is 47.1 Å². The molecule has 25 heavy (non-hydrogen) atoms. The first-order valence-corrected chi connectivity index (χ1v) is 9.51. The Morgan fingerprint density at radius 2 is 1.84 bits per heavy atom. The molecular formula is C17H19NO6S. The van der Waals surface area contributed by atoms with E-state index in [1.807, 2.05) is 0 Å². The van der Waals surface area contributed by atoms with Crippen molar-refractivity contribution in [1.29, 1.82) is 0 Å². The largest absolute Gasteiger partial charge is 0.467 e. The van der Waals surface area contributed by atoms with Gasteiger partial charge in [0, 0.05) is 13.3 Å². The minimum atomic E-state index is -3.14. The molecule has 1 aromatic heterocycles. The molecule has 0 unspecified atom stereocenters. The van der Waals surface area contributed by atoms with Crippen LogP contribution in [0.5, 0.6) is 0 Å². The highest BCUT2D eigenvalue weighted by atomic mass is 32.2. The molecule has 1 amide bonds. The van der Waals surface area contributed by atoms with Crippen LogP contribution in [0, 0.1) is 0 Å². The van der Waals surface area contributed by atoms with Crippen molar-refractivity contribution in [2.75, 3.05) is 19.9 Å². The molecule has 0 fully saturated rings. The number of benzene rings is 1. The maximum Gasteiger partial charge on any atom is 0.338 e. The van der Waals surface area contributed by atoms with E-state index in [1.54, 1.807) is 31.3 Å². The third-order valence-electron chi connectivity index (χ3n) is 3.34. The summed E-state index contributed by atoms with van der Waals surface area (Å²) in [6.45, 7) is -0.106. The summed E-state index contributed by atoms with van der Waals surface area (Å²) in [5.41, 5.74) is 0.826. The second-order valence-corrected chi connectivity index (χ2v) is 7.81. The van der Waals surface area contributed by atoms with Crippen molar-refractivity contribution in [3.8, 4) is 0 Å². The standard InChI is InChI=1S/C17H19NO6S/c1-18(10-15-4-3-9-23-15)16(19)11-24-17(20)14-7-5-13(6-8-14)12-25(2,21)22/h3-9H,10-12H2,1-2H3. The minimum Gasteiger partial charge on any atom is -0.467 e. The zero-order valence-corrected chi connectivity index (χ0v) is 14.8. The number of nitrogens with zero attached hydrogens (tertiary/aromatic N) is 1. The van der Waals surface area contributed by atoms with E-state index in [-0.39, 0.29) is 30.4 Å². The van der Waals surface area contributed by atoms with E-state index in [1.165, 1.54) is 23.3 Å². The molecule has 0 N–H and O–H groups in total. The lowest BCUT2D eigenvalue weighted by atomic mass is 10.1. The molecule has 2 rings (SSSR count). The minimum absolute atomic E-state index is 0.0988. The molecular weight excluding hydrogens is 346 g/mol. The van der Waals surface area contributed by atoms with Gasteiger partial charge in [-0.3, -0.25) is 4.79 Å². The number of carbonyl (C=O) groups is 2. The fourth-order valence-electron chi connectivity index (χ4n) is 2.09. The van der Waals surface area contributed by atoms with Crippen LogP contribution >= 0.6 is 0 Å².